The van der Waals surface area contributed by atoms with Crippen molar-refractivity contribution < 1.29 is 13.2 Å². The van der Waals surface area contributed by atoms with Crippen molar-refractivity contribution in [2.75, 3.05) is 0 Å². The van der Waals surface area contributed by atoms with Gasteiger partial charge < -0.3 is 4.57 Å². The van der Waals surface area contributed by atoms with Gasteiger partial charge in [-0.25, -0.2) is 15.0 Å². The summed E-state index contributed by atoms with van der Waals surface area (Å²) in [5.41, 5.74) is 9.64. The first-order valence-corrected chi connectivity index (χ1v) is 20.0. The minimum atomic E-state index is -4.49. The number of alkyl halides is 3. The van der Waals surface area contributed by atoms with Crippen LogP contribution in [0.1, 0.15) is 16.7 Å². The van der Waals surface area contributed by atoms with Crippen LogP contribution in [-0.4, -0.2) is 19.5 Å². The maximum Gasteiger partial charge on any atom is 0.416 e. The van der Waals surface area contributed by atoms with Gasteiger partial charge in [0, 0.05) is 27.5 Å². The number of benzene rings is 8. The Morgan fingerprint density at radius 2 is 0.825 bits per heavy atom. The van der Waals surface area contributed by atoms with Crippen molar-refractivity contribution in [3.8, 4) is 85.4 Å². The zero-order valence-corrected chi connectivity index (χ0v) is 33.2. The predicted molar refractivity (Wildman–Crippen MR) is 241 cm³/mol. The number of hydrogen-bond donors (Lipinski definition) is 0. The number of halogens is 3. The van der Waals surface area contributed by atoms with E-state index < -0.39 is 11.7 Å². The predicted octanol–water partition coefficient (Wildman–Crippen LogP) is 13.7. The molecular formula is C54H31F3N6. The lowest BCUT2D eigenvalue weighted by Crippen LogP contribution is -2.05. The van der Waals surface area contributed by atoms with Crippen molar-refractivity contribution in [1.82, 2.24) is 19.5 Å². The second-order valence-corrected chi connectivity index (χ2v) is 15.0. The quantitative estimate of drug-likeness (QED) is 0.160. The molecule has 0 radical (unpaired) electrons. The third kappa shape index (κ3) is 7.35. The van der Waals surface area contributed by atoms with Crippen LogP contribution >= 0.6 is 0 Å². The maximum absolute atomic E-state index is 13.8. The molecule has 0 atom stereocenters. The highest BCUT2D eigenvalue weighted by atomic mass is 19.4. The normalized spacial score (nSPS) is 11.4. The fraction of sp³-hybridized carbons (Fsp3) is 0.0185. The Hall–Kier alpha value is -8.66. The Morgan fingerprint density at radius 3 is 1.32 bits per heavy atom. The zero-order valence-electron chi connectivity index (χ0n) is 33.2. The summed E-state index contributed by atoms with van der Waals surface area (Å²) in [4.78, 5) is 15.2. The molecule has 0 aliphatic carbocycles. The van der Waals surface area contributed by atoms with Crippen LogP contribution in [0.15, 0.2) is 188 Å². The number of rotatable bonds is 7. The summed E-state index contributed by atoms with van der Waals surface area (Å²) < 4.78 is 43.4. The van der Waals surface area contributed by atoms with Gasteiger partial charge in [0.05, 0.1) is 45.5 Å². The molecule has 9 heteroatoms. The molecule has 8 aromatic carbocycles. The molecule has 0 saturated carbocycles. The summed E-state index contributed by atoms with van der Waals surface area (Å²) in [6.07, 6.45) is -4.49. The number of fused-ring (bicyclic) bond motifs is 3. The minimum absolute atomic E-state index is 0.391. The zero-order chi connectivity index (χ0) is 43.1. The van der Waals surface area contributed by atoms with Gasteiger partial charge in [-0.2, -0.15) is 23.7 Å². The third-order valence-electron chi connectivity index (χ3n) is 11.1. The number of aromatic nitrogens is 4. The van der Waals surface area contributed by atoms with Crippen LogP contribution in [0.3, 0.4) is 0 Å². The summed E-state index contributed by atoms with van der Waals surface area (Å²) in [5, 5.41) is 21.4. The standard InChI is InChI=1S/C54H31F3N6/c55-54(56,57)44-22-17-36(18-23-44)41-21-26-47(53-61-51(37-11-3-1-4-12-37)60-52(62-53)38-13-5-2-6-14-38)50(29-41)63-48-30-42(39-15-7-9-34(27-39)32-58)19-24-45(48)46-25-20-43(31-49(46)63)40-16-8-10-35(28-40)33-59/h1-31H. The first-order valence-electron chi connectivity index (χ1n) is 20.0. The molecule has 6 nitrogen and oxygen atoms in total. The van der Waals surface area contributed by atoms with Gasteiger partial charge in [0.25, 0.3) is 0 Å². The van der Waals surface area contributed by atoms with Crippen LogP contribution in [0.5, 0.6) is 0 Å². The summed E-state index contributed by atoms with van der Waals surface area (Å²) >= 11 is 0. The SMILES string of the molecule is N#Cc1cccc(-c2ccc3c4ccc(-c5cccc(C#N)c5)cc4n(-c4cc(-c5ccc(C(F)(F)F)cc5)ccc4-c4nc(-c5ccccc5)nc(-c5ccccc5)n4)c3c2)c1. The second-order valence-electron chi connectivity index (χ2n) is 15.0. The van der Waals surface area contributed by atoms with Crippen LogP contribution in [0, 0.1) is 22.7 Å². The van der Waals surface area contributed by atoms with Crippen molar-refractivity contribution in [2.24, 2.45) is 0 Å². The van der Waals surface area contributed by atoms with E-state index in [1.54, 1.807) is 12.1 Å². The highest BCUT2D eigenvalue weighted by Gasteiger charge is 2.30. The Labute approximate surface area is 360 Å². The summed E-state index contributed by atoms with van der Waals surface area (Å²) in [6.45, 7) is 0. The van der Waals surface area contributed by atoms with Crippen molar-refractivity contribution in [3.05, 3.63) is 205 Å². The molecule has 0 fully saturated rings. The van der Waals surface area contributed by atoms with Crippen molar-refractivity contribution in [2.45, 2.75) is 6.18 Å². The lowest BCUT2D eigenvalue weighted by Gasteiger charge is -2.17. The topological polar surface area (TPSA) is 91.2 Å². The highest BCUT2D eigenvalue weighted by molar-refractivity contribution is 6.11. The van der Waals surface area contributed by atoms with E-state index in [4.69, 9.17) is 15.0 Å². The Balaban J connectivity index is 1.30. The van der Waals surface area contributed by atoms with Gasteiger partial charge >= 0.3 is 6.18 Å². The summed E-state index contributed by atoms with van der Waals surface area (Å²) in [5.74, 6) is 1.33. The summed E-state index contributed by atoms with van der Waals surface area (Å²) in [6, 6.07) is 62.1. The van der Waals surface area contributed by atoms with Gasteiger partial charge in [-0.05, 0) is 94.0 Å². The maximum atomic E-state index is 13.8. The van der Waals surface area contributed by atoms with E-state index in [1.807, 2.05) is 127 Å². The van der Waals surface area contributed by atoms with Crippen LogP contribution in [-0.2, 0) is 6.18 Å². The molecule has 0 unspecified atom stereocenters. The smallest absolute Gasteiger partial charge is 0.308 e. The van der Waals surface area contributed by atoms with Gasteiger partial charge in [0.15, 0.2) is 17.5 Å². The number of nitriles is 2. The molecule has 0 aliphatic rings. The summed E-state index contributed by atoms with van der Waals surface area (Å²) in [7, 11) is 0. The first kappa shape index (κ1) is 38.5. The van der Waals surface area contributed by atoms with Gasteiger partial charge in [-0.3, -0.25) is 0 Å². The van der Waals surface area contributed by atoms with E-state index in [9.17, 15) is 23.7 Å². The molecule has 0 N–H and O–H groups in total. The average Bonchev–Trinajstić information content (AvgIpc) is 3.66. The van der Waals surface area contributed by atoms with Gasteiger partial charge in [0.1, 0.15) is 0 Å². The second kappa shape index (κ2) is 15.7. The number of hydrogen-bond acceptors (Lipinski definition) is 5. The molecule has 63 heavy (non-hydrogen) atoms. The molecule has 0 bridgehead atoms. The molecular weight excluding hydrogens is 790 g/mol. The largest absolute Gasteiger partial charge is 0.416 e. The van der Waals surface area contributed by atoms with E-state index in [-0.39, 0.29) is 0 Å². The molecule has 298 valence electrons. The lowest BCUT2D eigenvalue weighted by molar-refractivity contribution is -0.137. The molecule has 10 aromatic rings. The molecule has 10 rings (SSSR count). The van der Waals surface area contributed by atoms with Gasteiger partial charge in [-0.15, -0.1) is 0 Å². The van der Waals surface area contributed by atoms with E-state index in [1.165, 1.54) is 12.1 Å². The molecule has 0 spiro atoms. The lowest BCUT2D eigenvalue weighted by atomic mass is 9.99. The third-order valence-corrected chi connectivity index (χ3v) is 11.1. The fourth-order valence-corrected chi connectivity index (χ4v) is 8.04. The van der Waals surface area contributed by atoms with Crippen molar-refractivity contribution in [3.63, 3.8) is 0 Å². The van der Waals surface area contributed by atoms with Crippen molar-refractivity contribution >= 4 is 21.8 Å². The highest BCUT2D eigenvalue weighted by Crippen LogP contribution is 2.41. The molecule has 0 amide bonds. The van der Waals surface area contributed by atoms with Crippen LogP contribution in [0.25, 0.3) is 95.0 Å². The van der Waals surface area contributed by atoms with E-state index >= 15 is 0 Å². The van der Waals surface area contributed by atoms with E-state index in [2.05, 4.69) is 41.0 Å². The van der Waals surface area contributed by atoms with Crippen molar-refractivity contribution in [1.29, 1.82) is 10.5 Å². The minimum Gasteiger partial charge on any atom is -0.308 e. The Morgan fingerprint density at radius 1 is 0.397 bits per heavy atom. The molecule has 0 saturated heterocycles. The fourth-order valence-electron chi connectivity index (χ4n) is 8.04. The monoisotopic (exact) mass is 820 g/mol. The number of nitrogens with zero attached hydrogens (tertiary/aromatic N) is 6. The average molecular weight is 821 g/mol. The van der Waals surface area contributed by atoms with Crippen LogP contribution in [0.4, 0.5) is 13.2 Å². The molecule has 2 aromatic heterocycles. The Kier molecular flexibility index (Phi) is 9.63. The Bertz CT molecular complexity index is 3280. The van der Waals surface area contributed by atoms with Crippen LogP contribution < -0.4 is 0 Å². The van der Waals surface area contributed by atoms with E-state index in [0.717, 1.165) is 67.3 Å². The van der Waals surface area contributed by atoms with Gasteiger partial charge in [0.2, 0.25) is 0 Å². The van der Waals surface area contributed by atoms with E-state index in [0.29, 0.717) is 51.0 Å². The molecule has 0 aliphatic heterocycles. The van der Waals surface area contributed by atoms with Gasteiger partial charge in [-0.1, -0.05) is 127 Å². The van der Waals surface area contributed by atoms with Crippen LogP contribution in [0.2, 0.25) is 0 Å². The molecule has 2 heterocycles. The first-order chi connectivity index (χ1) is 30.7.